The summed E-state index contributed by atoms with van der Waals surface area (Å²) >= 11 is 0. The van der Waals surface area contributed by atoms with Crippen molar-refractivity contribution in [2.24, 2.45) is 28.6 Å². The smallest absolute Gasteiger partial charge is 0.161 e. The lowest BCUT2D eigenvalue weighted by atomic mass is 9.46. The number of allylic oxidation sites excluding steroid dienone is 1. The third-order valence-corrected chi connectivity index (χ3v) is 11.0. The maximum absolute atomic E-state index is 12.1. The van der Waals surface area contributed by atoms with Gasteiger partial charge < -0.3 is 29.9 Å². The van der Waals surface area contributed by atoms with E-state index in [1.807, 2.05) is 6.92 Å². The van der Waals surface area contributed by atoms with Crippen LogP contribution in [0.1, 0.15) is 85.5 Å². The SMILES string of the molecule is CC1OC(OC(C)[C@@]2(O)CC[C@H]3[C@@H]4CC=C5CC(O)CC[C@]5(C)[C@H]4CC[C@@]32C)CC(O)C1O. The summed E-state index contributed by atoms with van der Waals surface area (Å²) in [6.07, 6.45) is 6.81. The largest absolute Gasteiger partial charge is 0.393 e. The lowest BCUT2D eigenvalue weighted by Gasteiger charge is -2.59. The number of aliphatic hydroxyl groups excluding tert-OH is 3. The van der Waals surface area contributed by atoms with Gasteiger partial charge in [-0.15, -0.1) is 0 Å². The molecule has 0 radical (unpaired) electrons. The minimum Gasteiger partial charge on any atom is -0.393 e. The normalized spacial score (nSPS) is 55.2. The highest BCUT2D eigenvalue weighted by molar-refractivity contribution is 5.26. The summed E-state index contributed by atoms with van der Waals surface area (Å²) in [5.41, 5.74) is 0.501. The molecule has 188 valence electrons. The second-order valence-corrected chi connectivity index (χ2v) is 12.4. The topological polar surface area (TPSA) is 99.4 Å². The maximum Gasteiger partial charge on any atom is 0.161 e. The molecule has 6 unspecified atom stereocenters. The Morgan fingerprint density at radius 2 is 1.79 bits per heavy atom. The van der Waals surface area contributed by atoms with Gasteiger partial charge in [-0.05, 0) is 88.4 Å². The molecule has 3 saturated carbocycles. The van der Waals surface area contributed by atoms with E-state index in [9.17, 15) is 20.4 Å². The van der Waals surface area contributed by atoms with E-state index in [1.54, 1.807) is 6.92 Å². The first-order valence-electron chi connectivity index (χ1n) is 13.3. The number of hydrogen-bond acceptors (Lipinski definition) is 6. The van der Waals surface area contributed by atoms with Gasteiger partial charge in [0.1, 0.15) is 6.10 Å². The quantitative estimate of drug-likeness (QED) is 0.479. The van der Waals surface area contributed by atoms with Gasteiger partial charge in [0.15, 0.2) is 6.29 Å². The number of fused-ring (bicyclic) bond motifs is 5. The van der Waals surface area contributed by atoms with Crippen LogP contribution in [0.3, 0.4) is 0 Å². The molecule has 1 saturated heterocycles. The maximum atomic E-state index is 12.1. The highest BCUT2D eigenvalue weighted by Gasteiger charge is 2.65. The average Bonchev–Trinajstić information content (AvgIpc) is 3.04. The third-order valence-electron chi connectivity index (χ3n) is 11.0. The minimum absolute atomic E-state index is 0.186. The Bertz CT molecular complexity index is 773. The van der Waals surface area contributed by atoms with Crippen molar-refractivity contribution in [2.45, 2.75) is 128 Å². The second-order valence-electron chi connectivity index (χ2n) is 12.4. The van der Waals surface area contributed by atoms with Crippen LogP contribution in [0.4, 0.5) is 0 Å². The first-order chi connectivity index (χ1) is 15.5. The molecule has 0 aromatic rings. The summed E-state index contributed by atoms with van der Waals surface area (Å²) < 4.78 is 12.1. The van der Waals surface area contributed by atoms with E-state index in [0.717, 1.165) is 51.4 Å². The fraction of sp³-hybridized carbons (Fsp3) is 0.926. The van der Waals surface area contributed by atoms with Gasteiger partial charge in [-0.25, -0.2) is 0 Å². The van der Waals surface area contributed by atoms with Crippen molar-refractivity contribution in [1.82, 2.24) is 0 Å². The molecule has 6 heteroatoms. The Labute approximate surface area is 198 Å². The molecule has 5 rings (SSSR count). The van der Waals surface area contributed by atoms with Crippen LogP contribution in [0.2, 0.25) is 0 Å². The van der Waals surface area contributed by atoms with Crippen LogP contribution in [-0.4, -0.2) is 62.8 Å². The monoisotopic (exact) mass is 464 g/mol. The van der Waals surface area contributed by atoms with Gasteiger partial charge in [0.05, 0.1) is 30.0 Å². The van der Waals surface area contributed by atoms with Crippen molar-refractivity contribution in [1.29, 1.82) is 0 Å². The van der Waals surface area contributed by atoms with Gasteiger partial charge in [-0.3, -0.25) is 0 Å². The Morgan fingerprint density at radius 1 is 1.06 bits per heavy atom. The molecular weight excluding hydrogens is 420 g/mol. The molecule has 4 N–H and O–H groups in total. The van der Waals surface area contributed by atoms with Crippen LogP contribution in [0.5, 0.6) is 0 Å². The summed E-state index contributed by atoms with van der Waals surface area (Å²) in [7, 11) is 0. The highest BCUT2D eigenvalue weighted by Crippen LogP contribution is 2.67. The van der Waals surface area contributed by atoms with E-state index in [0.29, 0.717) is 17.8 Å². The molecule has 4 fully saturated rings. The standard InChI is InChI=1S/C27H44O6/c1-15-24(30)22(29)14-23(32-15)33-16(2)27(31)12-9-21-19-6-5-17-13-18(28)7-10-25(17,3)20(19)8-11-26(21,27)4/h5,15-16,18-24,28-31H,6-14H2,1-4H3/t15?,16?,18?,19-,20+,21+,22?,23?,24?,25+,26+,27+/m1/s1. The summed E-state index contributed by atoms with van der Waals surface area (Å²) in [5.74, 6) is 1.64. The fourth-order valence-electron chi connectivity index (χ4n) is 8.81. The molecule has 5 aliphatic rings. The van der Waals surface area contributed by atoms with E-state index in [4.69, 9.17) is 9.47 Å². The fourth-order valence-corrected chi connectivity index (χ4v) is 8.81. The molecule has 1 heterocycles. The van der Waals surface area contributed by atoms with Crippen molar-refractivity contribution >= 4 is 0 Å². The molecule has 4 aliphatic carbocycles. The van der Waals surface area contributed by atoms with Crippen LogP contribution in [0.15, 0.2) is 11.6 Å². The second kappa shape index (κ2) is 8.28. The van der Waals surface area contributed by atoms with Crippen molar-refractivity contribution in [3.63, 3.8) is 0 Å². The van der Waals surface area contributed by atoms with Gasteiger partial charge in [0, 0.05) is 11.8 Å². The van der Waals surface area contributed by atoms with Gasteiger partial charge in [-0.1, -0.05) is 25.5 Å². The molecule has 0 bridgehead atoms. The van der Waals surface area contributed by atoms with E-state index >= 15 is 0 Å². The van der Waals surface area contributed by atoms with Crippen molar-refractivity contribution in [2.75, 3.05) is 0 Å². The lowest BCUT2D eigenvalue weighted by molar-refractivity contribution is -0.288. The zero-order valence-corrected chi connectivity index (χ0v) is 20.7. The number of hydrogen-bond donors (Lipinski definition) is 4. The van der Waals surface area contributed by atoms with E-state index < -0.39 is 36.3 Å². The van der Waals surface area contributed by atoms with Crippen molar-refractivity contribution in [3.05, 3.63) is 11.6 Å². The van der Waals surface area contributed by atoms with E-state index in [1.165, 1.54) is 5.57 Å². The molecule has 1 aliphatic heterocycles. The van der Waals surface area contributed by atoms with Crippen LogP contribution >= 0.6 is 0 Å². The molecule has 33 heavy (non-hydrogen) atoms. The number of aliphatic hydroxyl groups is 4. The lowest BCUT2D eigenvalue weighted by Crippen LogP contribution is -2.59. The number of ether oxygens (including phenoxy) is 2. The van der Waals surface area contributed by atoms with E-state index in [-0.39, 0.29) is 23.4 Å². The summed E-state index contributed by atoms with van der Waals surface area (Å²) in [6.45, 7) is 8.40. The van der Waals surface area contributed by atoms with Crippen LogP contribution in [0.25, 0.3) is 0 Å². The molecule has 0 aromatic carbocycles. The summed E-state index contributed by atoms with van der Waals surface area (Å²) in [5, 5.41) is 42.5. The van der Waals surface area contributed by atoms with Gasteiger partial charge >= 0.3 is 0 Å². The average molecular weight is 465 g/mol. The van der Waals surface area contributed by atoms with Crippen LogP contribution < -0.4 is 0 Å². The van der Waals surface area contributed by atoms with Gasteiger partial charge in [0.2, 0.25) is 0 Å². The predicted octanol–water partition coefficient (Wildman–Crippen LogP) is 3.30. The molecule has 0 spiro atoms. The molecular formula is C27H44O6. The summed E-state index contributed by atoms with van der Waals surface area (Å²) in [4.78, 5) is 0. The summed E-state index contributed by atoms with van der Waals surface area (Å²) in [6, 6.07) is 0. The first kappa shape index (κ1) is 24.2. The van der Waals surface area contributed by atoms with Crippen molar-refractivity contribution < 1.29 is 29.9 Å². The Kier molecular flexibility index (Phi) is 6.07. The van der Waals surface area contributed by atoms with Crippen LogP contribution in [-0.2, 0) is 9.47 Å². The third kappa shape index (κ3) is 3.58. The van der Waals surface area contributed by atoms with Gasteiger partial charge in [0.25, 0.3) is 0 Å². The number of rotatable bonds is 3. The van der Waals surface area contributed by atoms with Crippen molar-refractivity contribution in [3.8, 4) is 0 Å². The zero-order chi connectivity index (χ0) is 23.8. The molecule has 0 amide bonds. The molecule has 0 aromatic heterocycles. The highest BCUT2D eigenvalue weighted by atomic mass is 16.7. The Hall–Kier alpha value is -0.500. The molecule has 6 nitrogen and oxygen atoms in total. The zero-order valence-electron chi connectivity index (χ0n) is 20.7. The molecule has 12 atom stereocenters. The van der Waals surface area contributed by atoms with E-state index in [2.05, 4.69) is 19.9 Å². The Balaban J connectivity index is 1.34. The van der Waals surface area contributed by atoms with Crippen LogP contribution in [0, 0.1) is 28.6 Å². The minimum atomic E-state index is -0.941. The Morgan fingerprint density at radius 3 is 2.52 bits per heavy atom. The first-order valence-corrected chi connectivity index (χ1v) is 13.3. The predicted molar refractivity (Wildman–Crippen MR) is 124 cm³/mol. The van der Waals surface area contributed by atoms with Gasteiger partial charge in [-0.2, -0.15) is 0 Å².